The molecule has 10 heteroatoms. The highest BCUT2D eigenvalue weighted by atomic mass is 35.5. The molecule has 0 aromatic carbocycles. The first kappa shape index (κ1) is 21.7. The third-order valence-electron chi connectivity index (χ3n) is 3.93. The highest BCUT2D eigenvalue weighted by Gasteiger charge is 2.31. The Morgan fingerprint density at radius 2 is 1.93 bits per heavy atom. The van der Waals surface area contributed by atoms with Gasteiger partial charge in [-0.3, -0.25) is 4.79 Å². The van der Waals surface area contributed by atoms with E-state index in [-0.39, 0.29) is 41.0 Å². The highest BCUT2D eigenvalue weighted by molar-refractivity contribution is 6.32. The zero-order valence-corrected chi connectivity index (χ0v) is 16.2. The summed E-state index contributed by atoms with van der Waals surface area (Å²) in [6.45, 7) is 3.94. The van der Waals surface area contributed by atoms with Crippen LogP contribution in [0.4, 0.5) is 13.2 Å². The molecule has 1 unspecified atom stereocenters. The summed E-state index contributed by atoms with van der Waals surface area (Å²) < 4.78 is 48.1. The quantitative estimate of drug-likeness (QED) is 0.635. The van der Waals surface area contributed by atoms with Crippen LogP contribution >= 0.6 is 11.6 Å². The number of amides is 1. The van der Waals surface area contributed by atoms with Gasteiger partial charge in [0.1, 0.15) is 11.8 Å². The van der Waals surface area contributed by atoms with E-state index in [1.165, 1.54) is 24.1 Å². The van der Waals surface area contributed by atoms with E-state index in [4.69, 9.17) is 21.1 Å². The molecule has 2 aromatic rings. The standard InChI is InChI=1S/C18H19ClF3N3O3/c1-4-25(17(26)13-6-8-15(27-3)24-16(13)19)11(2)10-28-14-7-5-12(9-23-14)18(20,21)22/h5-9,11H,4,10H2,1-3H3. The van der Waals surface area contributed by atoms with Crippen molar-refractivity contribution in [3.8, 4) is 11.8 Å². The lowest BCUT2D eigenvalue weighted by Crippen LogP contribution is -2.42. The van der Waals surface area contributed by atoms with Crippen LogP contribution in [0, 0.1) is 0 Å². The van der Waals surface area contributed by atoms with Gasteiger partial charge in [0.2, 0.25) is 11.8 Å². The van der Waals surface area contributed by atoms with E-state index in [0.29, 0.717) is 12.7 Å². The highest BCUT2D eigenvalue weighted by Crippen LogP contribution is 2.29. The molecule has 0 spiro atoms. The number of rotatable bonds is 7. The Bertz CT molecular complexity index is 816. The van der Waals surface area contributed by atoms with Crippen molar-refractivity contribution < 1.29 is 27.4 Å². The Kier molecular flexibility index (Phi) is 7.06. The number of hydrogen-bond donors (Lipinski definition) is 0. The number of hydrogen-bond acceptors (Lipinski definition) is 5. The van der Waals surface area contributed by atoms with Crippen LogP contribution in [-0.2, 0) is 6.18 Å². The minimum atomic E-state index is -4.46. The summed E-state index contributed by atoms with van der Waals surface area (Å²) in [4.78, 5) is 21.9. The molecule has 0 fully saturated rings. The molecule has 0 radical (unpaired) electrons. The van der Waals surface area contributed by atoms with Crippen molar-refractivity contribution >= 4 is 17.5 Å². The number of pyridine rings is 2. The van der Waals surface area contributed by atoms with E-state index in [0.717, 1.165) is 12.1 Å². The molecule has 0 saturated heterocycles. The summed E-state index contributed by atoms with van der Waals surface area (Å²) >= 11 is 6.06. The van der Waals surface area contributed by atoms with Crippen LogP contribution in [0.2, 0.25) is 5.15 Å². The zero-order chi connectivity index (χ0) is 20.9. The normalized spacial score (nSPS) is 12.4. The Morgan fingerprint density at radius 1 is 1.25 bits per heavy atom. The number of alkyl halides is 3. The maximum atomic E-state index is 12.8. The average molecular weight is 418 g/mol. The predicted molar refractivity (Wildman–Crippen MR) is 96.7 cm³/mol. The molecule has 0 bridgehead atoms. The van der Waals surface area contributed by atoms with Crippen LogP contribution in [0.25, 0.3) is 0 Å². The van der Waals surface area contributed by atoms with Crippen LogP contribution in [0.3, 0.4) is 0 Å². The molecule has 0 aliphatic rings. The van der Waals surface area contributed by atoms with Crippen molar-refractivity contribution in [1.29, 1.82) is 0 Å². The number of likely N-dealkylation sites (N-methyl/N-ethyl adjacent to an activating group) is 1. The first-order chi connectivity index (χ1) is 13.2. The molecule has 1 amide bonds. The summed E-state index contributed by atoms with van der Waals surface area (Å²) in [5.74, 6) is -0.0269. The van der Waals surface area contributed by atoms with Gasteiger partial charge in [0.25, 0.3) is 5.91 Å². The van der Waals surface area contributed by atoms with Gasteiger partial charge in [0.15, 0.2) is 0 Å². The largest absolute Gasteiger partial charge is 0.481 e. The number of methoxy groups -OCH3 is 1. The molecule has 1 atom stereocenters. The van der Waals surface area contributed by atoms with Crippen LogP contribution < -0.4 is 9.47 Å². The van der Waals surface area contributed by atoms with Gasteiger partial charge in [-0.05, 0) is 26.0 Å². The lowest BCUT2D eigenvalue weighted by molar-refractivity contribution is -0.137. The molecule has 6 nitrogen and oxygen atoms in total. The SMILES string of the molecule is CCN(C(=O)c1ccc(OC)nc1Cl)C(C)COc1ccc(C(F)(F)F)cn1. The molecule has 2 aromatic heterocycles. The second-order valence-corrected chi connectivity index (χ2v) is 6.18. The Labute approximate surface area is 165 Å². The minimum Gasteiger partial charge on any atom is -0.481 e. The average Bonchev–Trinajstić information content (AvgIpc) is 2.66. The number of aromatic nitrogens is 2. The fourth-order valence-electron chi connectivity index (χ4n) is 2.43. The molecule has 0 N–H and O–H groups in total. The van der Waals surface area contributed by atoms with Crippen molar-refractivity contribution in [3.05, 3.63) is 46.7 Å². The van der Waals surface area contributed by atoms with E-state index in [1.807, 2.05) is 0 Å². The lowest BCUT2D eigenvalue weighted by atomic mass is 10.2. The van der Waals surface area contributed by atoms with E-state index >= 15 is 0 Å². The molecule has 0 aliphatic heterocycles. The number of ether oxygens (including phenoxy) is 2. The topological polar surface area (TPSA) is 64.6 Å². The van der Waals surface area contributed by atoms with E-state index in [1.54, 1.807) is 13.8 Å². The first-order valence-electron chi connectivity index (χ1n) is 8.35. The van der Waals surface area contributed by atoms with E-state index in [2.05, 4.69) is 9.97 Å². The van der Waals surface area contributed by atoms with Gasteiger partial charge in [0, 0.05) is 24.9 Å². The van der Waals surface area contributed by atoms with Gasteiger partial charge in [0.05, 0.1) is 24.3 Å². The van der Waals surface area contributed by atoms with Gasteiger partial charge >= 0.3 is 6.18 Å². The van der Waals surface area contributed by atoms with Crippen LogP contribution in [0.15, 0.2) is 30.5 Å². The molecule has 2 rings (SSSR count). The van der Waals surface area contributed by atoms with Gasteiger partial charge in [-0.1, -0.05) is 11.6 Å². The molecule has 152 valence electrons. The van der Waals surface area contributed by atoms with Gasteiger partial charge in [-0.15, -0.1) is 0 Å². The Hall–Kier alpha value is -2.55. The van der Waals surface area contributed by atoms with Crippen molar-refractivity contribution in [2.75, 3.05) is 20.3 Å². The van der Waals surface area contributed by atoms with Crippen LogP contribution in [-0.4, -0.2) is 47.1 Å². The summed E-state index contributed by atoms with van der Waals surface area (Å²) in [6.07, 6.45) is -3.76. The summed E-state index contributed by atoms with van der Waals surface area (Å²) in [5, 5.41) is 0.0142. The van der Waals surface area contributed by atoms with Gasteiger partial charge in [-0.25, -0.2) is 9.97 Å². The molecule has 0 aliphatic carbocycles. The Balaban J connectivity index is 2.05. The monoisotopic (exact) mass is 417 g/mol. The third-order valence-corrected chi connectivity index (χ3v) is 4.22. The van der Waals surface area contributed by atoms with Crippen molar-refractivity contribution in [2.24, 2.45) is 0 Å². The molecule has 2 heterocycles. The van der Waals surface area contributed by atoms with Gasteiger partial charge in [-0.2, -0.15) is 13.2 Å². The van der Waals surface area contributed by atoms with Crippen LogP contribution in [0.5, 0.6) is 11.8 Å². The Morgan fingerprint density at radius 3 is 2.43 bits per heavy atom. The number of nitrogens with zero attached hydrogens (tertiary/aromatic N) is 3. The number of halogens is 4. The molecule has 28 heavy (non-hydrogen) atoms. The predicted octanol–water partition coefficient (Wildman–Crippen LogP) is 4.09. The summed E-state index contributed by atoms with van der Waals surface area (Å²) in [6, 6.07) is 4.68. The number of carbonyl (C=O) groups is 1. The second kappa shape index (κ2) is 9.09. The molecular formula is C18H19ClF3N3O3. The summed E-state index contributed by atoms with van der Waals surface area (Å²) in [5.41, 5.74) is -0.649. The summed E-state index contributed by atoms with van der Waals surface area (Å²) in [7, 11) is 1.44. The zero-order valence-electron chi connectivity index (χ0n) is 15.5. The maximum absolute atomic E-state index is 12.8. The van der Waals surface area contributed by atoms with Crippen molar-refractivity contribution in [2.45, 2.75) is 26.1 Å². The smallest absolute Gasteiger partial charge is 0.417 e. The first-order valence-corrected chi connectivity index (χ1v) is 8.72. The van der Waals surface area contributed by atoms with Crippen molar-refractivity contribution in [3.63, 3.8) is 0 Å². The maximum Gasteiger partial charge on any atom is 0.417 e. The third kappa shape index (κ3) is 5.25. The minimum absolute atomic E-state index is 0.0142. The van der Waals surface area contributed by atoms with E-state index < -0.39 is 11.7 Å². The fraction of sp³-hybridized carbons (Fsp3) is 0.389. The van der Waals surface area contributed by atoms with E-state index in [9.17, 15) is 18.0 Å². The van der Waals surface area contributed by atoms with Crippen LogP contribution in [0.1, 0.15) is 29.8 Å². The fourth-order valence-corrected chi connectivity index (χ4v) is 2.66. The lowest BCUT2D eigenvalue weighted by Gasteiger charge is -2.28. The van der Waals surface area contributed by atoms with Gasteiger partial charge < -0.3 is 14.4 Å². The molecule has 0 saturated carbocycles. The second-order valence-electron chi connectivity index (χ2n) is 5.83. The number of carbonyl (C=O) groups excluding carboxylic acids is 1. The van der Waals surface area contributed by atoms with Crippen molar-refractivity contribution in [1.82, 2.24) is 14.9 Å². The molecular weight excluding hydrogens is 399 g/mol.